The number of ether oxygens (including phenoxy) is 1. The third kappa shape index (κ3) is 4.71. The number of imide groups is 2. The molecule has 0 radical (unpaired) electrons. The zero-order chi connectivity index (χ0) is 28.1. The monoisotopic (exact) mass is 549 g/mol. The summed E-state index contributed by atoms with van der Waals surface area (Å²) < 4.78 is 6.36. The van der Waals surface area contributed by atoms with Crippen LogP contribution in [0.4, 0.5) is 10.5 Å². The Morgan fingerprint density at radius 3 is 2.59 bits per heavy atom. The van der Waals surface area contributed by atoms with Gasteiger partial charge in [0.25, 0.3) is 11.8 Å². The van der Waals surface area contributed by atoms with E-state index in [1.165, 1.54) is 29.5 Å². The van der Waals surface area contributed by atoms with E-state index in [2.05, 4.69) is 16.0 Å². The van der Waals surface area contributed by atoms with Gasteiger partial charge in [0, 0.05) is 12.1 Å². The van der Waals surface area contributed by atoms with E-state index in [1.54, 1.807) is 7.11 Å². The van der Waals surface area contributed by atoms with Crippen molar-refractivity contribution in [3.8, 4) is 5.75 Å². The van der Waals surface area contributed by atoms with E-state index in [0.29, 0.717) is 10.7 Å². The number of carbonyl (C=O) groups is 5. The van der Waals surface area contributed by atoms with Gasteiger partial charge in [-0.25, -0.2) is 9.78 Å². The van der Waals surface area contributed by atoms with E-state index >= 15 is 0 Å². The summed E-state index contributed by atoms with van der Waals surface area (Å²) >= 11 is 1.47. The standard InChI is InChI=1S/C27H27N5O6S/c1-5-13-10-15(38-4)12-19-21(13)30-25(39-19)27(2,3)31-26(37)28-14-6-7-16-17(11-14)24(36)32(23(16)35)18-8-9-20(33)29-22(18)34/h6-7,10-12,18H,5,8-9H2,1-4H3,(H2,28,31,37)(H,29,33,34). The highest BCUT2D eigenvalue weighted by molar-refractivity contribution is 7.18. The fraction of sp³-hybridized carbons (Fsp3) is 0.333. The fourth-order valence-electron chi connectivity index (χ4n) is 4.77. The predicted octanol–water partition coefficient (Wildman–Crippen LogP) is 3.33. The number of piperidine rings is 1. The first-order valence-corrected chi connectivity index (χ1v) is 13.3. The van der Waals surface area contributed by atoms with E-state index in [9.17, 15) is 24.0 Å². The Labute approximate surface area is 227 Å². The number of nitrogens with zero attached hydrogens (tertiary/aromatic N) is 2. The van der Waals surface area contributed by atoms with Crippen LogP contribution in [0.3, 0.4) is 0 Å². The molecular weight excluding hydrogens is 522 g/mol. The summed E-state index contributed by atoms with van der Waals surface area (Å²) in [7, 11) is 1.62. The number of hydrogen-bond acceptors (Lipinski definition) is 8. The third-order valence-corrected chi connectivity index (χ3v) is 8.15. The molecule has 1 atom stereocenters. The zero-order valence-electron chi connectivity index (χ0n) is 21.8. The van der Waals surface area contributed by atoms with Gasteiger partial charge in [0.1, 0.15) is 16.8 Å². The molecule has 3 heterocycles. The molecule has 3 aromatic rings. The van der Waals surface area contributed by atoms with Gasteiger partial charge in [0.2, 0.25) is 11.8 Å². The first kappa shape index (κ1) is 26.3. The Hall–Kier alpha value is -4.32. The van der Waals surface area contributed by atoms with E-state index in [0.717, 1.165) is 32.9 Å². The average molecular weight is 550 g/mol. The van der Waals surface area contributed by atoms with Gasteiger partial charge in [-0.3, -0.25) is 29.4 Å². The van der Waals surface area contributed by atoms with Gasteiger partial charge in [-0.15, -0.1) is 11.3 Å². The molecule has 6 amide bonds. The number of hydrogen-bond donors (Lipinski definition) is 3. The molecule has 0 spiro atoms. The van der Waals surface area contributed by atoms with Crippen LogP contribution >= 0.6 is 11.3 Å². The molecule has 1 fully saturated rings. The van der Waals surface area contributed by atoms with E-state index in [-0.39, 0.29) is 24.0 Å². The summed E-state index contributed by atoms with van der Waals surface area (Å²) in [5.74, 6) is -1.63. The molecule has 12 heteroatoms. The zero-order valence-corrected chi connectivity index (χ0v) is 22.7. The van der Waals surface area contributed by atoms with Crippen molar-refractivity contribution in [1.29, 1.82) is 0 Å². The number of rotatable bonds is 6. The lowest BCUT2D eigenvalue weighted by Gasteiger charge is -2.27. The van der Waals surface area contributed by atoms with E-state index in [4.69, 9.17) is 9.72 Å². The van der Waals surface area contributed by atoms with Gasteiger partial charge in [0.05, 0.1) is 34.0 Å². The van der Waals surface area contributed by atoms with Crippen LogP contribution in [-0.4, -0.2) is 52.7 Å². The number of thiazole rings is 1. The summed E-state index contributed by atoms with van der Waals surface area (Å²) in [5, 5.41) is 8.52. The lowest BCUT2D eigenvalue weighted by molar-refractivity contribution is -0.136. The first-order valence-electron chi connectivity index (χ1n) is 12.4. The van der Waals surface area contributed by atoms with Crippen LogP contribution in [0, 0.1) is 0 Å². The van der Waals surface area contributed by atoms with Crippen LogP contribution in [0.5, 0.6) is 5.75 Å². The van der Waals surface area contributed by atoms with Gasteiger partial charge in [-0.2, -0.15) is 0 Å². The van der Waals surface area contributed by atoms with E-state index in [1.807, 2.05) is 32.9 Å². The lowest BCUT2D eigenvalue weighted by atomic mass is 10.0. The molecule has 0 bridgehead atoms. The van der Waals surface area contributed by atoms with Crippen molar-refractivity contribution in [3.05, 3.63) is 52.0 Å². The minimum Gasteiger partial charge on any atom is -0.497 e. The van der Waals surface area contributed by atoms with Gasteiger partial charge < -0.3 is 15.4 Å². The Balaban J connectivity index is 1.32. The normalized spacial score (nSPS) is 17.3. The molecule has 202 valence electrons. The maximum absolute atomic E-state index is 13.1. The molecule has 39 heavy (non-hydrogen) atoms. The third-order valence-electron chi connectivity index (χ3n) is 6.82. The highest BCUT2D eigenvalue weighted by Crippen LogP contribution is 2.35. The summed E-state index contributed by atoms with van der Waals surface area (Å²) in [5.41, 5.74) is 1.61. The molecule has 2 aliphatic heterocycles. The first-order chi connectivity index (χ1) is 18.5. The average Bonchev–Trinajstić information content (AvgIpc) is 3.43. The van der Waals surface area contributed by atoms with Crippen molar-refractivity contribution in [2.24, 2.45) is 0 Å². The predicted molar refractivity (Wildman–Crippen MR) is 144 cm³/mol. The van der Waals surface area contributed by atoms with Crippen molar-refractivity contribution in [2.75, 3.05) is 12.4 Å². The number of methoxy groups -OCH3 is 1. The number of aryl methyl sites for hydroxylation is 1. The topological polar surface area (TPSA) is 147 Å². The molecule has 0 saturated carbocycles. The molecule has 11 nitrogen and oxygen atoms in total. The Bertz CT molecular complexity index is 1560. The van der Waals surface area contributed by atoms with Crippen molar-refractivity contribution in [2.45, 2.75) is 51.6 Å². The van der Waals surface area contributed by atoms with E-state index < -0.39 is 41.2 Å². The molecule has 1 aromatic heterocycles. The van der Waals surface area contributed by atoms with Gasteiger partial charge in [0.15, 0.2) is 0 Å². The largest absolute Gasteiger partial charge is 0.497 e. The Morgan fingerprint density at radius 2 is 1.90 bits per heavy atom. The van der Waals surface area contributed by atoms with Crippen LogP contribution < -0.4 is 20.7 Å². The quantitative estimate of drug-likeness (QED) is 0.400. The van der Waals surface area contributed by atoms with Gasteiger partial charge in [-0.1, -0.05) is 6.92 Å². The molecule has 2 aliphatic rings. The second-order valence-electron chi connectivity index (χ2n) is 9.92. The number of carbonyl (C=O) groups excluding carboxylic acids is 5. The number of benzene rings is 2. The van der Waals surface area contributed by atoms with Crippen LogP contribution in [-0.2, 0) is 21.5 Å². The highest BCUT2D eigenvalue weighted by atomic mass is 32.1. The van der Waals surface area contributed by atoms with Crippen molar-refractivity contribution in [1.82, 2.24) is 20.5 Å². The Morgan fingerprint density at radius 1 is 1.15 bits per heavy atom. The number of anilines is 1. The maximum atomic E-state index is 13.1. The summed E-state index contributed by atoms with van der Waals surface area (Å²) in [6.45, 7) is 5.73. The van der Waals surface area contributed by atoms with Crippen molar-refractivity contribution < 1.29 is 28.7 Å². The van der Waals surface area contributed by atoms with Gasteiger partial charge in [-0.05, 0) is 62.6 Å². The van der Waals surface area contributed by atoms with Crippen LogP contribution in [0.1, 0.15) is 64.9 Å². The smallest absolute Gasteiger partial charge is 0.319 e. The van der Waals surface area contributed by atoms with Gasteiger partial charge >= 0.3 is 6.03 Å². The lowest BCUT2D eigenvalue weighted by Crippen LogP contribution is -2.54. The van der Waals surface area contributed by atoms with Crippen molar-refractivity contribution in [3.63, 3.8) is 0 Å². The molecule has 0 aliphatic carbocycles. The molecular formula is C27H27N5O6S. The molecule has 2 aromatic carbocycles. The molecule has 3 N–H and O–H groups in total. The summed E-state index contributed by atoms with van der Waals surface area (Å²) in [6.07, 6.45) is 0.886. The summed E-state index contributed by atoms with van der Waals surface area (Å²) in [6, 6.07) is 6.67. The number of urea groups is 1. The molecule has 1 unspecified atom stereocenters. The second-order valence-corrected chi connectivity index (χ2v) is 10.9. The minimum absolute atomic E-state index is 0.0362. The van der Waals surface area contributed by atoms with Crippen LogP contribution in [0.2, 0.25) is 0 Å². The number of amides is 6. The minimum atomic E-state index is -1.06. The number of fused-ring (bicyclic) bond motifs is 2. The second kappa shape index (κ2) is 9.77. The number of nitrogens with one attached hydrogen (secondary N) is 3. The highest BCUT2D eigenvalue weighted by Gasteiger charge is 2.44. The number of aromatic nitrogens is 1. The Kier molecular flexibility index (Phi) is 6.59. The van der Waals surface area contributed by atoms with Crippen LogP contribution in [0.15, 0.2) is 30.3 Å². The van der Waals surface area contributed by atoms with Crippen LogP contribution in [0.25, 0.3) is 10.2 Å². The molecule has 5 rings (SSSR count). The molecule has 1 saturated heterocycles. The SMILES string of the molecule is CCc1cc(OC)cc2sc(C(C)(C)NC(=O)Nc3ccc4c(c3)C(=O)N(C3CCC(=O)NC3=O)C4=O)nc12. The van der Waals surface area contributed by atoms with Crippen molar-refractivity contribution >= 4 is 56.9 Å². The fourth-order valence-corrected chi connectivity index (χ4v) is 5.87. The maximum Gasteiger partial charge on any atom is 0.319 e. The summed E-state index contributed by atoms with van der Waals surface area (Å²) in [4.78, 5) is 68.3.